The lowest BCUT2D eigenvalue weighted by molar-refractivity contribution is -0.144. The third kappa shape index (κ3) is 2.88. The van der Waals surface area contributed by atoms with Gasteiger partial charge in [-0.2, -0.15) is 22.7 Å². The first-order chi connectivity index (χ1) is 11.3. The molecule has 0 aromatic carbocycles. The Balaban J connectivity index is 1.97. The molecule has 3 rings (SSSR count). The molecule has 0 amide bonds. The summed E-state index contributed by atoms with van der Waals surface area (Å²) < 4.78 is 41.2. The minimum Gasteiger partial charge on any atom is -0.364 e. The third-order valence-corrected chi connectivity index (χ3v) is 3.46. The van der Waals surface area contributed by atoms with E-state index in [1.807, 2.05) is 13.8 Å². The van der Waals surface area contributed by atoms with Crippen LogP contribution in [0.2, 0.25) is 0 Å². The number of alkyl halides is 3. The van der Waals surface area contributed by atoms with Crippen molar-refractivity contribution in [1.29, 1.82) is 0 Å². The number of aryl methyl sites for hydroxylation is 3. The van der Waals surface area contributed by atoms with Crippen molar-refractivity contribution in [2.24, 2.45) is 0 Å². The number of nitrogens with one attached hydrogen (secondary N) is 1. The number of hydrogen-bond acceptors (Lipinski definition) is 6. The standard InChI is InChI=1S/C13H15F3N8/c1-4-23-9(8(3)20-22-23)6-17-10-5-7(2)18-12-19-11(13(14,15)16)21-24(10)12/h5,17H,4,6H2,1-3H3. The second kappa shape index (κ2) is 5.73. The van der Waals surface area contributed by atoms with E-state index >= 15 is 0 Å². The van der Waals surface area contributed by atoms with Crippen LogP contribution in [0.15, 0.2) is 6.07 Å². The maximum Gasteiger partial charge on any atom is 0.453 e. The summed E-state index contributed by atoms with van der Waals surface area (Å²) in [5.41, 5.74) is 2.13. The summed E-state index contributed by atoms with van der Waals surface area (Å²) >= 11 is 0. The Morgan fingerprint density at radius 3 is 2.62 bits per heavy atom. The number of anilines is 1. The highest BCUT2D eigenvalue weighted by molar-refractivity contribution is 5.45. The highest BCUT2D eigenvalue weighted by Gasteiger charge is 2.36. The second-order valence-electron chi connectivity index (χ2n) is 5.22. The zero-order valence-electron chi connectivity index (χ0n) is 13.3. The third-order valence-electron chi connectivity index (χ3n) is 3.46. The average Bonchev–Trinajstić information content (AvgIpc) is 3.08. The van der Waals surface area contributed by atoms with Gasteiger partial charge in [0.05, 0.1) is 17.9 Å². The van der Waals surface area contributed by atoms with Crippen molar-refractivity contribution >= 4 is 11.6 Å². The second-order valence-corrected chi connectivity index (χ2v) is 5.22. The molecule has 0 unspecified atom stereocenters. The van der Waals surface area contributed by atoms with E-state index in [2.05, 4.69) is 30.7 Å². The van der Waals surface area contributed by atoms with Crippen LogP contribution in [0.4, 0.5) is 19.0 Å². The van der Waals surface area contributed by atoms with Crippen LogP contribution in [0.25, 0.3) is 5.78 Å². The van der Waals surface area contributed by atoms with Crippen LogP contribution in [0.5, 0.6) is 0 Å². The highest BCUT2D eigenvalue weighted by atomic mass is 19.4. The first-order valence-electron chi connectivity index (χ1n) is 7.24. The van der Waals surface area contributed by atoms with Crippen molar-refractivity contribution in [3.63, 3.8) is 0 Å². The molecule has 3 aromatic rings. The number of fused-ring (bicyclic) bond motifs is 1. The van der Waals surface area contributed by atoms with Crippen molar-refractivity contribution in [2.45, 2.75) is 40.0 Å². The zero-order chi connectivity index (χ0) is 17.5. The van der Waals surface area contributed by atoms with Crippen LogP contribution in [0.3, 0.4) is 0 Å². The lowest BCUT2D eigenvalue weighted by Gasteiger charge is -2.10. The van der Waals surface area contributed by atoms with Crippen LogP contribution in [-0.4, -0.2) is 34.6 Å². The van der Waals surface area contributed by atoms with Gasteiger partial charge in [-0.3, -0.25) is 0 Å². The van der Waals surface area contributed by atoms with Gasteiger partial charge in [-0.05, 0) is 20.8 Å². The molecule has 0 spiro atoms. The Hall–Kier alpha value is -2.72. The van der Waals surface area contributed by atoms with E-state index in [0.717, 1.165) is 15.9 Å². The molecule has 0 radical (unpaired) electrons. The minimum atomic E-state index is -4.62. The van der Waals surface area contributed by atoms with E-state index < -0.39 is 12.0 Å². The molecule has 0 saturated carbocycles. The molecule has 128 valence electrons. The van der Waals surface area contributed by atoms with Crippen LogP contribution in [0, 0.1) is 13.8 Å². The summed E-state index contributed by atoms with van der Waals surface area (Å²) in [5, 5.41) is 14.6. The molecule has 3 heterocycles. The monoisotopic (exact) mass is 340 g/mol. The molecular formula is C13H15F3N8. The van der Waals surface area contributed by atoms with E-state index in [4.69, 9.17) is 0 Å². The van der Waals surface area contributed by atoms with Gasteiger partial charge in [0.1, 0.15) is 5.82 Å². The molecule has 0 aliphatic heterocycles. The van der Waals surface area contributed by atoms with Gasteiger partial charge in [0.2, 0.25) is 0 Å². The van der Waals surface area contributed by atoms with Gasteiger partial charge in [-0.25, -0.2) is 9.67 Å². The predicted molar refractivity (Wildman–Crippen MR) is 78.3 cm³/mol. The Morgan fingerprint density at radius 1 is 1.21 bits per heavy atom. The van der Waals surface area contributed by atoms with E-state index in [1.165, 1.54) is 0 Å². The Morgan fingerprint density at radius 2 is 1.96 bits per heavy atom. The normalized spacial score (nSPS) is 12.1. The largest absolute Gasteiger partial charge is 0.453 e. The molecule has 1 N–H and O–H groups in total. The molecular weight excluding hydrogens is 325 g/mol. The summed E-state index contributed by atoms with van der Waals surface area (Å²) in [6, 6.07) is 1.61. The highest BCUT2D eigenvalue weighted by Crippen LogP contribution is 2.27. The van der Waals surface area contributed by atoms with Crippen molar-refractivity contribution in [2.75, 3.05) is 5.32 Å². The molecule has 3 aromatic heterocycles. The number of nitrogens with zero attached hydrogens (tertiary/aromatic N) is 7. The fourth-order valence-corrected chi connectivity index (χ4v) is 2.30. The number of hydrogen-bond donors (Lipinski definition) is 1. The van der Waals surface area contributed by atoms with Gasteiger partial charge in [-0.1, -0.05) is 5.21 Å². The van der Waals surface area contributed by atoms with Crippen molar-refractivity contribution in [3.8, 4) is 0 Å². The molecule has 0 bridgehead atoms. The van der Waals surface area contributed by atoms with Gasteiger partial charge in [0.15, 0.2) is 0 Å². The molecule has 0 saturated heterocycles. The smallest absolute Gasteiger partial charge is 0.364 e. The molecule has 24 heavy (non-hydrogen) atoms. The summed E-state index contributed by atoms with van der Waals surface area (Å²) in [5.74, 6) is -0.965. The van der Waals surface area contributed by atoms with Gasteiger partial charge in [0, 0.05) is 18.3 Å². The van der Waals surface area contributed by atoms with E-state index in [1.54, 1.807) is 17.7 Å². The van der Waals surface area contributed by atoms with Gasteiger partial charge in [0.25, 0.3) is 11.6 Å². The number of rotatable bonds is 4. The molecule has 8 nitrogen and oxygen atoms in total. The Bertz CT molecular complexity index is 879. The summed E-state index contributed by atoms with van der Waals surface area (Å²) in [6.07, 6.45) is -4.62. The summed E-state index contributed by atoms with van der Waals surface area (Å²) in [6.45, 7) is 6.41. The van der Waals surface area contributed by atoms with Gasteiger partial charge < -0.3 is 5.32 Å². The Kier molecular flexibility index (Phi) is 3.85. The minimum absolute atomic E-state index is 0.108. The first-order valence-corrected chi connectivity index (χ1v) is 7.24. The lowest BCUT2D eigenvalue weighted by Crippen LogP contribution is -2.12. The van der Waals surface area contributed by atoms with E-state index in [-0.39, 0.29) is 5.78 Å². The fraction of sp³-hybridized carbons (Fsp3) is 0.462. The van der Waals surface area contributed by atoms with Crippen LogP contribution < -0.4 is 5.32 Å². The average molecular weight is 340 g/mol. The maximum absolute atomic E-state index is 12.8. The van der Waals surface area contributed by atoms with Crippen LogP contribution >= 0.6 is 0 Å². The lowest BCUT2D eigenvalue weighted by atomic mass is 10.3. The van der Waals surface area contributed by atoms with Crippen molar-refractivity contribution in [3.05, 3.63) is 29.0 Å². The SMILES string of the molecule is CCn1nnc(C)c1CNc1cc(C)nc2nc(C(F)(F)F)nn12. The number of aromatic nitrogens is 7. The number of halogens is 3. The Labute approximate surface area is 134 Å². The topological polar surface area (TPSA) is 85.8 Å². The van der Waals surface area contributed by atoms with Crippen molar-refractivity contribution in [1.82, 2.24) is 34.6 Å². The molecule has 0 aliphatic rings. The summed E-state index contributed by atoms with van der Waals surface area (Å²) in [4.78, 5) is 7.43. The molecule has 0 aliphatic carbocycles. The van der Waals surface area contributed by atoms with E-state index in [9.17, 15) is 13.2 Å². The van der Waals surface area contributed by atoms with E-state index in [0.29, 0.717) is 24.6 Å². The summed E-state index contributed by atoms with van der Waals surface area (Å²) in [7, 11) is 0. The fourth-order valence-electron chi connectivity index (χ4n) is 2.30. The predicted octanol–water partition coefficient (Wildman–Crippen LogP) is 1.98. The van der Waals surface area contributed by atoms with Crippen molar-refractivity contribution < 1.29 is 13.2 Å². The zero-order valence-corrected chi connectivity index (χ0v) is 13.3. The van der Waals surface area contributed by atoms with Gasteiger partial charge >= 0.3 is 6.18 Å². The first kappa shape index (κ1) is 16.1. The molecule has 11 heteroatoms. The van der Waals surface area contributed by atoms with Crippen LogP contribution in [-0.2, 0) is 19.3 Å². The van der Waals surface area contributed by atoms with Crippen LogP contribution in [0.1, 0.15) is 29.8 Å². The molecule has 0 atom stereocenters. The van der Waals surface area contributed by atoms with Gasteiger partial charge in [-0.15, -0.1) is 10.2 Å². The molecule has 0 fully saturated rings. The quantitative estimate of drug-likeness (QED) is 0.782. The maximum atomic E-state index is 12.8.